The lowest BCUT2D eigenvalue weighted by Crippen LogP contribution is -2.36. The molecule has 0 radical (unpaired) electrons. The van der Waals surface area contributed by atoms with Gasteiger partial charge in [0.2, 0.25) is 11.8 Å². The lowest BCUT2D eigenvalue weighted by Gasteiger charge is -2.08. The van der Waals surface area contributed by atoms with Crippen molar-refractivity contribution >= 4 is 40.5 Å². The van der Waals surface area contributed by atoms with E-state index in [-0.39, 0.29) is 29.7 Å². The van der Waals surface area contributed by atoms with Crippen LogP contribution in [-0.2, 0) is 9.59 Å². The highest BCUT2D eigenvalue weighted by Crippen LogP contribution is 2.30. The van der Waals surface area contributed by atoms with Crippen LogP contribution in [0.15, 0.2) is 29.9 Å². The summed E-state index contributed by atoms with van der Waals surface area (Å²) in [5.74, 6) is 0.320. The van der Waals surface area contributed by atoms with Crippen LogP contribution < -0.4 is 16.0 Å². The van der Waals surface area contributed by atoms with Crippen LogP contribution in [0.4, 0.5) is 5.82 Å². The van der Waals surface area contributed by atoms with Gasteiger partial charge in [-0.3, -0.25) is 14.4 Å². The number of hydrogen-bond donors (Lipinski definition) is 3. The fourth-order valence-corrected chi connectivity index (χ4v) is 3.97. The number of imidazole rings is 1. The fraction of sp³-hybridized carbons (Fsp3) is 0.316. The largest absolute Gasteiger partial charge is 0.354 e. The van der Waals surface area contributed by atoms with Crippen LogP contribution in [0.3, 0.4) is 0 Å². The van der Waals surface area contributed by atoms with Gasteiger partial charge in [0, 0.05) is 36.0 Å². The first kappa shape index (κ1) is 17.8. The van der Waals surface area contributed by atoms with Crippen LogP contribution in [0.25, 0.3) is 16.9 Å². The maximum atomic E-state index is 12.4. The summed E-state index contributed by atoms with van der Waals surface area (Å²) in [4.78, 5) is 44.4. The third-order valence-corrected chi connectivity index (χ3v) is 5.80. The molecule has 1 saturated carbocycles. The van der Waals surface area contributed by atoms with Crippen LogP contribution in [0.2, 0.25) is 0 Å². The number of rotatable bonds is 5. The Balaban J connectivity index is 1.32. The first-order chi connectivity index (χ1) is 14.0. The number of carbonyl (C=O) groups is 3. The Morgan fingerprint density at radius 1 is 1.21 bits per heavy atom. The zero-order chi connectivity index (χ0) is 20.0. The van der Waals surface area contributed by atoms with Gasteiger partial charge in [-0.05, 0) is 25.0 Å². The lowest BCUT2D eigenvalue weighted by atomic mass is 10.2. The highest BCUT2D eigenvalue weighted by atomic mass is 32.1. The summed E-state index contributed by atoms with van der Waals surface area (Å²) in [5.41, 5.74) is 2.23. The SMILES string of the molecule is O=C1CC(NC(=O)c2nc(-c3ccc4nc(NC(=O)C5CC5)cn4c3)cs2)CN1. The minimum Gasteiger partial charge on any atom is -0.354 e. The van der Waals surface area contributed by atoms with E-state index in [1.54, 1.807) is 6.20 Å². The first-order valence-electron chi connectivity index (χ1n) is 9.38. The van der Waals surface area contributed by atoms with Crippen molar-refractivity contribution in [2.45, 2.75) is 25.3 Å². The molecule has 4 heterocycles. The van der Waals surface area contributed by atoms with Gasteiger partial charge in [0.15, 0.2) is 10.8 Å². The van der Waals surface area contributed by atoms with Crippen molar-refractivity contribution < 1.29 is 14.4 Å². The molecule has 2 aliphatic rings. The van der Waals surface area contributed by atoms with Gasteiger partial charge < -0.3 is 20.4 Å². The van der Waals surface area contributed by atoms with E-state index in [1.165, 1.54) is 11.3 Å². The summed E-state index contributed by atoms with van der Waals surface area (Å²) < 4.78 is 1.83. The van der Waals surface area contributed by atoms with E-state index >= 15 is 0 Å². The maximum absolute atomic E-state index is 12.4. The van der Waals surface area contributed by atoms with E-state index in [9.17, 15) is 14.4 Å². The Labute approximate surface area is 169 Å². The fourth-order valence-electron chi connectivity index (χ4n) is 3.24. The number of nitrogens with one attached hydrogen (secondary N) is 3. The first-order valence-corrected chi connectivity index (χ1v) is 10.3. The minimum atomic E-state index is -0.281. The average molecular weight is 410 g/mol. The van der Waals surface area contributed by atoms with Gasteiger partial charge >= 0.3 is 0 Å². The Morgan fingerprint density at radius 3 is 2.83 bits per heavy atom. The summed E-state index contributed by atoms with van der Waals surface area (Å²) in [6, 6.07) is 3.52. The molecule has 1 atom stereocenters. The van der Waals surface area contributed by atoms with Gasteiger partial charge in [0.05, 0.1) is 17.9 Å². The van der Waals surface area contributed by atoms with E-state index in [2.05, 4.69) is 25.9 Å². The van der Waals surface area contributed by atoms with Gasteiger partial charge in [-0.15, -0.1) is 11.3 Å². The molecule has 9 nitrogen and oxygen atoms in total. The van der Waals surface area contributed by atoms with Crippen molar-refractivity contribution in [2.75, 3.05) is 11.9 Å². The number of thiazole rings is 1. The molecule has 3 aromatic rings. The van der Waals surface area contributed by atoms with Crippen molar-refractivity contribution in [3.8, 4) is 11.3 Å². The Kier molecular flexibility index (Phi) is 4.27. The summed E-state index contributed by atoms with van der Waals surface area (Å²) in [7, 11) is 0. The number of anilines is 1. The van der Waals surface area contributed by atoms with Gasteiger partial charge in [-0.2, -0.15) is 0 Å². The summed E-state index contributed by atoms with van der Waals surface area (Å²) in [5, 5.41) is 10.5. The molecule has 1 unspecified atom stereocenters. The molecule has 148 valence electrons. The van der Waals surface area contributed by atoms with Gasteiger partial charge in [-0.1, -0.05) is 0 Å². The second kappa shape index (κ2) is 6.96. The van der Waals surface area contributed by atoms with Gasteiger partial charge in [0.1, 0.15) is 5.65 Å². The van der Waals surface area contributed by atoms with Crippen LogP contribution in [0.1, 0.15) is 29.1 Å². The lowest BCUT2D eigenvalue weighted by molar-refractivity contribution is -0.119. The highest BCUT2D eigenvalue weighted by Gasteiger charge is 2.30. The molecule has 0 aromatic carbocycles. The predicted molar refractivity (Wildman–Crippen MR) is 107 cm³/mol. The average Bonchev–Trinajstić information content (AvgIpc) is 3.09. The topological polar surface area (TPSA) is 117 Å². The van der Waals surface area contributed by atoms with Crippen LogP contribution in [-0.4, -0.2) is 44.7 Å². The molecule has 0 bridgehead atoms. The molecule has 3 N–H and O–H groups in total. The molecular formula is C19H18N6O3S. The van der Waals surface area contributed by atoms with Gasteiger partial charge in [-0.25, -0.2) is 9.97 Å². The van der Waals surface area contributed by atoms with Crippen LogP contribution in [0, 0.1) is 5.92 Å². The second-order valence-electron chi connectivity index (χ2n) is 7.29. The molecule has 10 heteroatoms. The molecule has 1 aliphatic carbocycles. The molecule has 5 rings (SSSR count). The Morgan fingerprint density at radius 2 is 2.07 bits per heavy atom. The van der Waals surface area contributed by atoms with Crippen molar-refractivity contribution in [2.24, 2.45) is 5.92 Å². The van der Waals surface area contributed by atoms with E-state index in [4.69, 9.17) is 0 Å². The number of aromatic nitrogens is 3. The zero-order valence-electron chi connectivity index (χ0n) is 15.3. The van der Waals surface area contributed by atoms with Crippen molar-refractivity contribution in [1.82, 2.24) is 25.0 Å². The highest BCUT2D eigenvalue weighted by molar-refractivity contribution is 7.12. The molecule has 29 heavy (non-hydrogen) atoms. The summed E-state index contributed by atoms with van der Waals surface area (Å²) >= 11 is 1.26. The number of carbonyl (C=O) groups excluding carboxylic acids is 3. The van der Waals surface area contributed by atoms with Crippen LogP contribution >= 0.6 is 11.3 Å². The molecule has 2 fully saturated rings. The minimum absolute atomic E-state index is 0.0166. The summed E-state index contributed by atoms with van der Waals surface area (Å²) in [6.07, 6.45) is 5.81. The number of pyridine rings is 1. The molecule has 3 aromatic heterocycles. The van der Waals surface area contributed by atoms with Crippen molar-refractivity contribution in [1.29, 1.82) is 0 Å². The molecule has 3 amide bonds. The molecule has 0 spiro atoms. The van der Waals surface area contributed by atoms with Crippen molar-refractivity contribution in [3.05, 3.63) is 34.9 Å². The standard InChI is InChI=1S/C19H18N6O3S/c26-16-5-12(6-20-16)21-18(28)19-22-13(9-29-19)11-3-4-15-23-14(8-25(15)7-11)24-17(27)10-1-2-10/h3-4,7-10,12H,1-2,5-6H2,(H,20,26)(H,21,28)(H,24,27). The second-order valence-corrected chi connectivity index (χ2v) is 8.15. The quantitative estimate of drug-likeness (QED) is 0.588. The number of nitrogens with zero attached hydrogens (tertiary/aromatic N) is 3. The van der Waals surface area contributed by atoms with E-state index in [1.807, 2.05) is 28.1 Å². The van der Waals surface area contributed by atoms with E-state index in [0.717, 1.165) is 18.4 Å². The maximum Gasteiger partial charge on any atom is 0.280 e. The summed E-state index contributed by atoms with van der Waals surface area (Å²) in [6.45, 7) is 0.444. The molecule has 1 aliphatic heterocycles. The number of hydrogen-bond acceptors (Lipinski definition) is 6. The van der Waals surface area contributed by atoms with E-state index in [0.29, 0.717) is 35.1 Å². The Hall–Kier alpha value is -3.27. The zero-order valence-corrected chi connectivity index (χ0v) is 16.2. The molecule has 1 saturated heterocycles. The van der Waals surface area contributed by atoms with E-state index < -0.39 is 0 Å². The van der Waals surface area contributed by atoms with Gasteiger partial charge in [0.25, 0.3) is 5.91 Å². The predicted octanol–water partition coefficient (Wildman–Crippen LogP) is 1.42. The smallest absolute Gasteiger partial charge is 0.280 e. The number of amides is 3. The third kappa shape index (κ3) is 3.70. The normalized spacial score (nSPS) is 18.6. The monoisotopic (exact) mass is 410 g/mol. The Bertz CT molecular complexity index is 1130. The molecular weight excluding hydrogens is 392 g/mol. The van der Waals surface area contributed by atoms with Crippen LogP contribution in [0.5, 0.6) is 0 Å². The number of fused-ring (bicyclic) bond motifs is 1. The van der Waals surface area contributed by atoms with Crippen molar-refractivity contribution in [3.63, 3.8) is 0 Å². The third-order valence-electron chi connectivity index (χ3n) is 4.96.